The predicted molar refractivity (Wildman–Crippen MR) is 95.4 cm³/mol. The molecule has 1 fully saturated rings. The number of nitrogens with one attached hydrogen (secondary N) is 2. The molecule has 7 heteroatoms. The zero-order valence-corrected chi connectivity index (χ0v) is 14.7. The molecule has 1 saturated carbocycles. The number of aromatic nitrogens is 2. The van der Waals surface area contributed by atoms with Gasteiger partial charge in [0.2, 0.25) is 5.95 Å². The van der Waals surface area contributed by atoms with Gasteiger partial charge in [-0.3, -0.25) is 4.79 Å². The molecule has 0 atom stereocenters. The molecule has 1 aliphatic carbocycles. The van der Waals surface area contributed by atoms with Crippen LogP contribution in [0.15, 0.2) is 24.3 Å². The SMILES string of the molecule is Cc1cc(C(=O)NC2CCCCCC2)nc(Nc2ccc(F)c(F)c2)n1. The van der Waals surface area contributed by atoms with Crippen LogP contribution in [0.1, 0.15) is 54.7 Å². The van der Waals surface area contributed by atoms with E-state index < -0.39 is 11.6 Å². The van der Waals surface area contributed by atoms with E-state index >= 15 is 0 Å². The Morgan fingerprint density at radius 2 is 1.77 bits per heavy atom. The van der Waals surface area contributed by atoms with Gasteiger partial charge >= 0.3 is 0 Å². The second-order valence-corrected chi connectivity index (χ2v) is 6.63. The highest BCUT2D eigenvalue weighted by Crippen LogP contribution is 2.19. The second kappa shape index (κ2) is 8.21. The van der Waals surface area contributed by atoms with Crippen molar-refractivity contribution < 1.29 is 13.6 Å². The lowest BCUT2D eigenvalue weighted by molar-refractivity contribution is 0.0928. The van der Waals surface area contributed by atoms with Gasteiger partial charge in [-0.25, -0.2) is 18.7 Å². The van der Waals surface area contributed by atoms with Gasteiger partial charge in [-0.15, -0.1) is 0 Å². The largest absolute Gasteiger partial charge is 0.348 e. The maximum atomic E-state index is 13.3. The van der Waals surface area contributed by atoms with Crippen molar-refractivity contribution in [3.63, 3.8) is 0 Å². The number of nitrogens with zero attached hydrogens (tertiary/aromatic N) is 2. The Kier molecular flexibility index (Phi) is 5.75. The van der Waals surface area contributed by atoms with Gasteiger partial charge in [0.1, 0.15) is 5.69 Å². The quantitative estimate of drug-likeness (QED) is 0.800. The lowest BCUT2D eigenvalue weighted by Crippen LogP contribution is -2.35. The average Bonchev–Trinajstić information content (AvgIpc) is 2.86. The van der Waals surface area contributed by atoms with E-state index in [1.807, 2.05) is 0 Å². The average molecular weight is 360 g/mol. The molecule has 0 bridgehead atoms. The summed E-state index contributed by atoms with van der Waals surface area (Å²) in [5.41, 5.74) is 1.17. The summed E-state index contributed by atoms with van der Waals surface area (Å²) in [5.74, 6) is -1.96. The molecule has 0 saturated heterocycles. The standard InChI is InChI=1S/C19H22F2N4O/c1-12-10-17(18(26)23-13-6-4-2-3-5-7-13)25-19(22-12)24-14-8-9-15(20)16(21)11-14/h8-11,13H,2-7H2,1H3,(H,23,26)(H,22,24,25). The maximum Gasteiger partial charge on any atom is 0.270 e. The first-order valence-corrected chi connectivity index (χ1v) is 8.90. The number of rotatable bonds is 4. The van der Waals surface area contributed by atoms with Crippen LogP contribution in [0.4, 0.5) is 20.4 Å². The topological polar surface area (TPSA) is 66.9 Å². The fourth-order valence-electron chi connectivity index (χ4n) is 3.13. The number of benzene rings is 1. The van der Waals surface area contributed by atoms with Gasteiger partial charge in [0, 0.05) is 23.5 Å². The fraction of sp³-hybridized carbons (Fsp3) is 0.421. The van der Waals surface area contributed by atoms with Crippen LogP contribution in [-0.4, -0.2) is 21.9 Å². The number of anilines is 2. The molecule has 1 amide bonds. The summed E-state index contributed by atoms with van der Waals surface area (Å²) in [6.45, 7) is 1.75. The van der Waals surface area contributed by atoms with E-state index in [4.69, 9.17) is 0 Å². The highest BCUT2D eigenvalue weighted by atomic mass is 19.2. The van der Waals surface area contributed by atoms with E-state index in [9.17, 15) is 13.6 Å². The van der Waals surface area contributed by atoms with Gasteiger partial charge < -0.3 is 10.6 Å². The summed E-state index contributed by atoms with van der Waals surface area (Å²) in [4.78, 5) is 21.0. The molecule has 3 rings (SSSR count). The lowest BCUT2D eigenvalue weighted by Gasteiger charge is -2.16. The third kappa shape index (κ3) is 4.74. The molecule has 0 spiro atoms. The Bertz CT molecular complexity index is 789. The monoisotopic (exact) mass is 360 g/mol. The first kappa shape index (κ1) is 18.2. The molecule has 0 aliphatic heterocycles. The summed E-state index contributed by atoms with van der Waals surface area (Å²) < 4.78 is 26.4. The molecular weight excluding hydrogens is 338 g/mol. The Hall–Kier alpha value is -2.57. The molecule has 1 heterocycles. The molecule has 0 unspecified atom stereocenters. The van der Waals surface area contributed by atoms with Crippen LogP contribution >= 0.6 is 0 Å². The van der Waals surface area contributed by atoms with E-state index in [0.29, 0.717) is 11.4 Å². The fourth-order valence-corrected chi connectivity index (χ4v) is 3.13. The van der Waals surface area contributed by atoms with Crippen molar-refractivity contribution >= 4 is 17.5 Å². The summed E-state index contributed by atoms with van der Waals surface area (Å²) in [5, 5.41) is 5.86. The molecule has 2 N–H and O–H groups in total. The van der Waals surface area contributed by atoms with Crippen molar-refractivity contribution in [3.05, 3.63) is 47.3 Å². The first-order chi connectivity index (χ1) is 12.5. The highest BCUT2D eigenvalue weighted by molar-refractivity contribution is 5.92. The molecule has 0 radical (unpaired) electrons. The third-order valence-corrected chi connectivity index (χ3v) is 4.45. The Morgan fingerprint density at radius 3 is 2.46 bits per heavy atom. The third-order valence-electron chi connectivity index (χ3n) is 4.45. The van der Waals surface area contributed by atoms with E-state index in [0.717, 1.165) is 37.8 Å². The molecule has 1 aromatic heterocycles. The van der Waals surface area contributed by atoms with Gasteiger partial charge in [-0.2, -0.15) is 0 Å². The zero-order chi connectivity index (χ0) is 18.5. The lowest BCUT2D eigenvalue weighted by atomic mass is 10.1. The molecular formula is C19H22F2N4O. The molecule has 2 aromatic rings. The van der Waals surface area contributed by atoms with Crippen molar-refractivity contribution in [2.75, 3.05) is 5.32 Å². The summed E-state index contributed by atoms with van der Waals surface area (Å²) >= 11 is 0. The minimum absolute atomic E-state index is 0.169. The van der Waals surface area contributed by atoms with Crippen molar-refractivity contribution in [2.24, 2.45) is 0 Å². The number of carbonyl (C=O) groups is 1. The van der Waals surface area contributed by atoms with Crippen LogP contribution in [0.2, 0.25) is 0 Å². The molecule has 1 aromatic carbocycles. The van der Waals surface area contributed by atoms with Crippen molar-refractivity contribution in [3.8, 4) is 0 Å². The summed E-state index contributed by atoms with van der Waals surface area (Å²) in [6.07, 6.45) is 6.63. The van der Waals surface area contributed by atoms with Crippen molar-refractivity contribution in [1.29, 1.82) is 0 Å². The summed E-state index contributed by atoms with van der Waals surface area (Å²) in [6, 6.07) is 5.21. The molecule has 5 nitrogen and oxygen atoms in total. The Labute approximate surface area is 151 Å². The van der Waals surface area contributed by atoms with Gasteiger partial charge in [0.05, 0.1) is 0 Å². The Morgan fingerprint density at radius 1 is 1.04 bits per heavy atom. The summed E-state index contributed by atoms with van der Waals surface area (Å²) in [7, 11) is 0. The van der Waals surface area contributed by atoms with Gasteiger partial charge in [0.15, 0.2) is 11.6 Å². The van der Waals surface area contributed by atoms with E-state index in [1.165, 1.54) is 18.9 Å². The van der Waals surface area contributed by atoms with Crippen molar-refractivity contribution in [1.82, 2.24) is 15.3 Å². The van der Waals surface area contributed by atoms with Crippen LogP contribution in [0, 0.1) is 18.6 Å². The zero-order valence-electron chi connectivity index (χ0n) is 14.7. The number of hydrogen-bond acceptors (Lipinski definition) is 4. The maximum absolute atomic E-state index is 13.3. The predicted octanol–water partition coefficient (Wildman–Crippen LogP) is 4.26. The number of amides is 1. The van der Waals surface area contributed by atoms with Crippen molar-refractivity contribution in [2.45, 2.75) is 51.5 Å². The van der Waals surface area contributed by atoms with E-state index in [-0.39, 0.29) is 23.6 Å². The first-order valence-electron chi connectivity index (χ1n) is 8.90. The van der Waals surface area contributed by atoms with E-state index in [1.54, 1.807) is 13.0 Å². The van der Waals surface area contributed by atoms with Gasteiger partial charge in [0.25, 0.3) is 5.91 Å². The minimum Gasteiger partial charge on any atom is -0.348 e. The van der Waals surface area contributed by atoms with Gasteiger partial charge in [-0.05, 0) is 38.0 Å². The smallest absolute Gasteiger partial charge is 0.270 e. The van der Waals surface area contributed by atoms with Crippen LogP contribution < -0.4 is 10.6 Å². The second-order valence-electron chi connectivity index (χ2n) is 6.63. The van der Waals surface area contributed by atoms with Crippen LogP contribution in [0.5, 0.6) is 0 Å². The molecule has 138 valence electrons. The normalized spacial score (nSPS) is 15.3. The van der Waals surface area contributed by atoms with Gasteiger partial charge in [-0.1, -0.05) is 25.7 Å². The number of hydrogen-bond donors (Lipinski definition) is 2. The van der Waals surface area contributed by atoms with Crippen LogP contribution in [0.3, 0.4) is 0 Å². The van der Waals surface area contributed by atoms with Crippen LogP contribution in [-0.2, 0) is 0 Å². The van der Waals surface area contributed by atoms with Crippen LogP contribution in [0.25, 0.3) is 0 Å². The molecule has 1 aliphatic rings. The minimum atomic E-state index is -0.964. The number of halogens is 2. The van der Waals surface area contributed by atoms with E-state index in [2.05, 4.69) is 20.6 Å². The Balaban J connectivity index is 1.73. The highest BCUT2D eigenvalue weighted by Gasteiger charge is 2.17. The molecule has 26 heavy (non-hydrogen) atoms. The number of carbonyl (C=O) groups excluding carboxylic acids is 1. The number of aryl methyl sites for hydroxylation is 1.